The molecule has 1 unspecified atom stereocenters. The molecule has 0 aliphatic heterocycles. The van der Waals surface area contributed by atoms with E-state index in [1.807, 2.05) is 31.2 Å². The first-order valence-electron chi connectivity index (χ1n) is 7.26. The topological polar surface area (TPSA) is 72.2 Å². The van der Waals surface area contributed by atoms with Crippen molar-refractivity contribution in [1.82, 2.24) is 4.72 Å². The fourth-order valence-corrected chi connectivity index (χ4v) is 4.44. The summed E-state index contributed by atoms with van der Waals surface area (Å²) >= 11 is 0. The Balaban J connectivity index is 2.02. The zero-order chi connectivity index (χ0) is 14.6. The van der Waals surface area contributed by atoms with Gasteiger partial charge in [0.05, 0.1) is 5.75 Å². The number of nitrogens with two attached hydrogens (primary N) is 1. The molecular formula is C15H24N2O2S. The summed E-state index contributed by atoms with van der Waals surface area (Å²) in [7, 11) is -3.33. The summed E-state index contributed by atoms with van der Waals surface area (Å²) in [6.45, 7) is 2.34. The smallest absolute Gasteiger partial charge is 0.216 e. The van der Waals surface area contributed by atoms with Crippen LogP contribution in [-0.4, -0.2) is 21.0 Å². The molecule has 1 saturated carbocycles. The van der Waals surface area contributed by atoms with Gasteiger partial charge in [-0.3, -0.25) is 0 Å². The van der Waals surface area contributed by atoms with Crippen LogP contribution < -0.4 is 10.5 Å². The number of benzene rings is 1. The molecule has 1 aliphatic carbocycles. The molecule has 1 atom stereocenters. The molecular weight excluding hydrogens is 272 g/mol. The summed E-state index contributed by atoms with van der Waals surface area (Å²) in [4.78, 5) is 0. The lowest BCUT2D eigenvalue weighted by atomic mass is 9.99. The minimum Gasteiger partial charge on any atom is -0.329 e. The monoisotopic (exact) mass is 296 g/mol. The summed E-state index contributed by atoms with van der Waals surface area (Å²) in [6, 6.07) is 7.49. The number of sulfonamides is 1. The van der Waals surface area contributed by atoms with Crippen LogP contribution in [0.3, 0.4) is 0 Å². The Morgan fingerprint density at radius 1 is 1.35 bits per heavy atom. The molecule has 4 nitrogen and oxygen atoms in total. The van der Waals surface area contributed by atoms with Gasteiger partial charge in [-0.25, -0.2) is 13.1 Å². The van der Waals surface area contributed by atoms with Crippen molar-refractivity contribution in [2.24, 2.45) is 11.7 Å². The Labute approximate surface area is 121 Å². The van der Waals surface area contributed by atoms with E-state index in [4.69, 9.17) is 5.73 Å². The standard InChI is InChI=1S/C15H24N2O2S/c1-12-5-4-6-13(9-12)11-20(18,19)17-15(10-16)14-7-2-3-8-14/h4-6,9,14-15,17H,2-3,7-8,10-11,16H2,1H3. The van der Waals surface area contributed by atoms with E-state index in [1.165, 1.54) is 12.8 Å². The van der Waals surface area contributed by atoms with Gasteiger partial charge >= 0.3 is 0 Å². The molecule has 0 heterocycles. The minimum atomic E-state index is -3.33. The lowest BCUT2D eigenvalue weighted by Crippen LogP contribution is -2.44. The third-order valence-electron chi connectivity index (χ3n) is 3.99. The Kier molecular flexibility index (Phi) is 5.18. The third kappa shape index (κ3) is 4.30. The van der Waals surface area contributed by atoms with Crippen molar-refractivity contribution in [2.75, 3.05) is 6.54 Å². The first-order chi connectivity index (χ1) is 9.50. The lowest BCUT2D eigenvalue weighted by Gasteiger charge is -2.23. The number of rotatable bonds is 6. The minimum absolute atomic E-state index is 0.0257. The van der Waals surface area contributed by atoms with Crippen LogP contribution in [0.5, 0.6) is 0 Å². The predicted octanol–water partition coefficient (Wildman–Crippen LogP) is 1.93. The van der Waals surface area contributed by atoms with Gasteiger partial charge < -0.3 is 5.73 Å². The Hall–Kier alpha value is -0.910. The van der Waals surface area contributed by atoms with Crippen LogP contribution in [0.4, 0.5) is 0 Å². The second-order valence-corrected chi connectivity index (χ2v) is 7.51. The van der Waals surface area contributed by atoms with E-state index in [0.29, 0.717) is 12.5 Å². The van der Waals surface area contributed by atoms with Crippen molar-refractivity contribution >= 4 is 10.0 Å². The molecule has 3 N–H and O–H groups in total. The van der Waals surface area contributed by atoms with E-state index in [2.05, 4.69) is 4.72 Å². The average Bonchev–Trinajstić information content (AvgIpc) is 2.89. The highest BCUT2D eigenvalue weighted by Gasteiger charge is 2.27. The van der Waals surface area contributed by atoms with Gasteiger partial charge in [-0.05, 0) is 31.2 Å². The molecule has 1 aliphatic rings. The van der Waals surface area contributed by atoms with Gasteiger partial charge in [0.25, 0.3) is 0 Å². The first-order valence-corrected chi connectivity index (χ1v) is 8.91. The lowest BCUT2D eigenvalue weighted by molar-refractivity contribution is 0.405. The van der Waals surface area contributed by atoms with Crippen LogP contribution in [0.25, 0.3) is 0 Å². The molecule has 2 rings (SSSR count). The van der Waals surface area contributed by atoms with Gasteiger partial charge in [0.15, 0.2) is 0 Å². The molecule has 1 fully saturated rings. The van der Waals surface area contributed by atoms with Gasteiger partial charge in [-0.1, -0.05) is 42.7 Å². The molecule has 0 bridgehead atoms. The summed E-state index contributed by atoms with van der Waals surface area (Å²) in [5, 5.41) is 0. The summed E-state index contributed by atoms with van der Waals surface area (Å²) in [6.07, 6.45) is 4.52. The fraction of sp³-hybridized carbons (Fsp3) is 0.600. The molecule has 0 aromatic heterocycles. The zero-order valence-corrected chi connectivity index (χ0v) is 12.8. The van der Waals surface area contributed by atoms with Crippen molar-refractivity contribution in [3.8, 4) is 0 Å². The van der Waals surface area contributed by atoms with E-state index < -0.39 is 10.0 Å². The predicted molar refractivity (Wildman–Crippen MR) is 81.7 cm³/mol. The highest BCUT2D eigenvalue weighted by Crippen LogP contribution is 2.27. The summed E-state index contributed by atoms with van der Waals surface area (Å²) in [5.74, 6) is 0.421. The Morgan fingerprint density at radius 3 is 2.65 bits per heavy atom. The number of nitrogens with one attached hydrogen (secondary N) is 1. The quantitative estimate of drug-likeness (QED) is 0.842. The van der Waals surface area contributed by atoms with E-state index in [-0.39, 0.29) is 11.8 Å². The molecule has 0 radical (unpaired) electrons. The maximum Gasteiger partial charge on any atom is 0.216 e. The normalized spacial score (nSPS) is 18.3. The maximum absolute atomic E-state index is 12.3. The Morgan fingerprint density at radius 2 is 2.05 bits per heavy atom. The van der Waals surface area contributed by atoms with E-state index in [9.17, 15) is 8.42 Å². The van der Waals surface area contributed by atoms with Crippen LogP contribution in [0.2, 0.25) is 0 Å². The maximum atomic E-state index is 12.3. The van der Waals surface area contributed by atoms with Gasteiger partial charge in [0, 0.05) is 12.6 Å². The second kappa shape index (κ2) is 6.70. The molecule has 1 aromatic carbocycles. The highest BCUT2D eigenvalue weighted by molar-refractivity contribution is 7.88. The van der Waals surface area contributed by atoms with Crippen LogP contribution >= 0.6 is 0 Å². The third-order valence-corrected chi connectivity index (χ3v) is 5.37. The van der Waals surface area contributed by atoms with Crippen LogP contribution in [0, 0.1) is 12.8 Å². The van der Waals surface area contributed by atoms with Crippen molar-refractivity contribution in [3.63, 3.8) is 0 Å². The van der Waals surface area contributed by atoms with Gasteiger partial charge in [-0.2, -0.15) is 0 Å². The van der Waals surface area contributed by atoms with Crippen molar-refractivity contribution in [1.29, 1.82) is 0 Å². The summed E-state index contributed by atoms with van der Waals surface area (Å²) < 4.78 is 27.3. The number of hydrogen-bond acceptors (Lipinski definition) is 3. The van der Waals surface area contributed by atoms with E-state index >= 15 is 0 Å². The van der Waals surface area contributed by atoms with Gasteiger partial charge in [0.2, 0.25) is 10.0 Å². The van der Waals surface area contributed by atoms with Gasteiger partial charge in [-0.15, -0.1) is 0 Å². The summed E-state index contributed by atoms with van der Waals surface area (Å²) in [5.41, 5.74) is 7.64. The highest BCUT2D eigenvalue weighted by atomic mass is 32.2. The van der Waals surface area contributed by atoms with Gasteiger partial charge in [0.1, 0.15) is 0 Å². The molecule has 0 spiro atoms. The first kappa shape index (κ1) is 15.5. The van der Waals surface area contributed by atoms with Crippen LogP contribution in [-0.2, 0) is 15.8 Å². The largest absolute Gasteiger partial charge is 0.329 e. The molecule has 0 amide bonds. The van der Waals surface area contributed by atoms with Crippen LogP contribution in [0.1, 0.15) is 36.8 Å². The molecule has 112 valence electrons. The SMILES string of the molecule is Cc1cccc(CS(=O)(=O)NC(CN)C2CCCC2)c1. The molecule has 5 heteroatoms. The molecule has 20 heavy (non-hydrogen) atoms. The number of hydrogen-bond donors (Lipinski definition) is 2. The molecule has 0 saturated heterocycles. The second-order valence-electron chi connectivity index (χ2n) is 5.75. The fourth-order valence-electron chi connectivity index (χ4n) is 2.99. The van der Waals surface area contributed by atoms with Crippen LogP contribution in [0.15, 0.2) is 24.3 Å². The average molecular weight is 296 g/mol. The zero-order valence-electron chi connectivity index (χ0n) is 12.0. The van der Waals surface area contributed by atoms with Crippen molar-refractivity contribution in [2.45, 2.75) is 44.4 Å². The number of aryl methyl sites for hydroxylation is 1. The van der Waals surface area contributed by atoms with E-state index in [1.54, 1.807) is 0 Å². The van der Waals surface area contributed by atoms with E-state index in [0.717, 1.165) is 24.0 Å². The van der Waals surface area contributed by atoms with Crippen molar-refractivity contribution in [3.05, 3.63) is 35.4 Å². The Bertz CT molecular complexity index is 537. The van der Waals surface area contributed by atoms with Crippen molar-refractivity contribution < 1.29 is 8.42 Å². The molecule has 1 aromatic rings.